The predicted octanol–water partition coefficient (Wildman–Crippen LogP) is 6.98. The van der Waals surface area contributed by atoms with Crippen molar-refractivity contribution in [3.8, 4) is 17.3 Å². The molecule has 1 aliphatic rings. The van der Waals surface area contributed by atoms with Crippen LogP contribution in [-0.4, -0.2) is 39.8 Å². The molecule has 1 aromatic heterocycles. The zero-order valence-corrected chi connectivity index (χ0v) is 22.2. The summed E-state index contributed by atoms with van der Waals surface area (Å²) in [5.41, 5.74) is 2.36. The summed E-state index contributed by atoms with van der Waals surface area (Å²) in [6, 6.07) is 19.3. The molecule has 1 aliphatic heterocycles. The highest BCUT2D eigenvalue weighted by Gasteiger charge is 2.29. The zero-order chi connectivity index (χ0) is 27.4. The van der Waals surface area contributed by atoms with Gasteiger partial charge in [-0.05, 0) is 55.7 Å². The topological polar surface area (TPSA) is 56.6 Å². The molecule has 1 atom stereocenters. The lowest BCUT2D eigenvalue weighted by atomic mass is 10.1. The van der Waals surface area contributed by atoms with Gasteiger partial charge in [-0.15, -0.1) is 0 Å². The molecular weight excluding hydrogens is 524 g/mol. The smallest absolute Gasteiger partial charge is 0.255 e. The highest BCUT2D eigenvalue weighted by atomic mass is 35.5. The Bertz CT molecular complexity index is 1460. The van der Waals surface area contributed by atoms with Crippen LogP contribution in [-0.2, 0) is 17.7 Å². The zero-order valence-electron chi connectivity index (χ0n) is 21.4. The van der Waals surface area contributed by atoms with Crippen LogP contribution in [0.25, 0.3) is 5.69 Å². The van der Waals surface area contributed by atoms with E-state index in [-0.39, 0.29) is 30.2 Å². The Morgan fingerprint density at radius 3 is 2.59 bits per heavy atom. The van der Waals surface area contributed by atoms with Crippen molar-refractivity contribution in [3.05, 3.63) is 106 Å². The van der Waals surface area contributed by atoms with Crippen LogP contribution in [0.4, 0.5) is 8.78 Å². The number of amides is 1. The van der Waals surface area contributed by atoms with Crippen molar-refractivity contribution in [2.45, 2.75) is 38.8 Å². The second-order valence-corrected chi connectivity index (χ2v) is 9.72. The second kappa shape index (κ2) is 12.0. The molecule has 39 heavy (non-hydrogen) atoms. The first-order chi connectivity index (χ1) is 18.9. The van der Waals surface area contributed by atoms with Gasteiger partial charge < -0.3 is 14.4 Å². The lowest BCUT2D eigenvalue weighted by molar-refractivity contribution is 0.0505. The monoisotopic (exact) mass is 551 g/mol. The van der Waals surface area contributed by atoms with Crippen molar-refractivity contribution in [1.29, 1.82) is 0 Å². The molecule has 0 bridgehead atoms. The van der Waals surface area contributed by atoms with Crippen molar-refractivity contribution in [2.75, 3.05) is 13.2 Å². The van der Waals surface area contributed by atoms with Crippen molar-refractivity contribution in [2.24, 2.45) is 0 Å². The molecule has 6 nitrogen and oxygen atoms in total. The van der Waals surface area contributed by atoms with E-state index in [1.807, 2.05) is 37.3 Å². The highest BCUT2D eigenvalue weighted by Crippen LogP contribution is 2.34. The van der Waals surface area contributed by atoms with Gasteiger partial charge in [0.25, 0.3) is 5.91 Å². The number of hydrogen-bond acceptors (Lipinski definition) is 4. The fourth-order valence-electron chi connectivity index (χ4n) is 4.68. The summed E-state index contributed by atoms with van der Waals surface area (Å²) < 4.78 is 41.9. The Morgan fingerprint density at radius 1 is 1.13 bits per heavy atom. The summed E-state index contributed by atoms with van der Waals surface area (Å²) in [5.74, 6) is -1.72. The van der Waals surface area contributed by atoms with Gasteiger partial charge >= 0.3 is 0 Å². The number of ether oxygens (including phenoxy) is 2. The quantitative estimate of drug-likeness (QED) is 0.225. The number of rotatable bonds is 9. The Kier molecular flexibility index (Phi) is 8.24. The van der Waals surface area contributed by atoms with Crippen LogP contribution in [0.1, 0.15) is 41.4 Å². The van der Waals surface area contributed by atoms with E-state index in [0.717, 1.165) is 25.0 Å². The molecule has 0 radical (unpaired) electrons. The number of para-hydroxylation sites is 1. The SMILES string of the molecule is CCc1nn(-c2ccccc2)c(Oc2ccc(F)cc2F)c1CN(C[C@H]1CCCO1)C(=O)c1ccccc1Cl. The van der Waals surface area contributed by atoms with Crippen molar-refractivity contribution in [1.82, 2.24) is 14.7 Å². The van der Waals surface area contributed by atoms with E-state index >= 15 is 0 Å². The molecule has 0 unspecified atom stereocenters. The molecule has 0 N–H and O–H groups in total. The average Bonchev–Trinajstić information content (AvgIpc) is 3.58. The Balaban J connectivity index is 1.60. The van der Waals surface area contributed by atoms with E-state index in [1.165, 1.54) is 6.07 Å². The van der Waals surface area contributed by atoms with Crippen molar-refractivity contribution < 1.29 is 23.0 Å². The molecule has 0 spiro atoms. The summed E-state index contributed by atoms with van der Waals surface area (Å²) in [4.78, 5) is 15.5. The fraction of sp³-hybridized carbons (Fsp3) is 0.267. The molecule has 1 fully saturated rings. The molecule has 1 amide bonds. The molecule has 0 saturated carbocycles. The standard InChI is InChI=1S/C30H28ClF2N3O3/c1-2-27-24(19-35(18-22-11-8-16-38-22)29(37)23-12-6-7-13-25(23)31)30(36(34-27)21-9-4-3-5-10-21)39-28-15-14-20(32)17-26(28)33/h3-7,9-10,12-15,17,22H,2,8,11,16,18-19H2,1H3/t22-/m1/s1. The van der Waals surface area contributed by atoms with Gasteiger partial charge in [-0.1, -0.05) is 48.9 Å². The third-order valence-electron chi connectivity index (χ3n) is 6.64. The van der Waals surface area contributed by atoms with E-state index in [0.29, 0.717) is 47.1 Å². The van der Waals surface area contributed by atoms with Gasteiger partial charge in [0.2, 0.25) is 5.88 Å². The molecule has 3 aromatic carbocycles. The van der Waals surface area contributed by atoms with Crippen LogP contribution in [0.2, 0.25) is 5.02 Å². The number of aromatic nitrogens is 2. The van der Waals surface area contributed by atoms with Crippen LogP contribution in [0.15, 0.2) is 72.8 Å². The Hall–Kier alpha value is -3.75. The maximum Gasteiger partial charge on any atom is 0.255 e. The molecule has 0 aliphatic carbocycles. The third kappa shape index (κ3) is 5.97. The molecular formula is C30H28ClF2N3O3. The normalized spacial score (nSPS) is 14.9. The molecule has 1 saturated heterocycles. The van der Waals surface area contributed by atoms with Gasteiger partial charge in [-0.25, -0.2) is 13.5 Å². The van der Waals surface area contributed by atoms with Crippen LogP contribution in [0, 0.1) is 11.6 Å². The van der Waals surface area contributed by atoms with E-state index < -0.39 is 11.6 Å². The third-order valence-corrected chi connectivity index (χ3v) is 6.97. The van der Waals surface area contributed by atoms with Crippen LogP contribution >= 0.6 is 11.6 Å². The number of nitrogens with zero attached hydrogens (tertiary/aromatic N) is 3. The first-order valence-corrected chi connectivity index (χ1v) is 13.3. The number of halogens is 3. The lowest BCUT2D eigenvalue weighted by Crippen LogP contribution is -2.37. The summed E-state index contributed by atoms with van der Waals surface area (Å²) >= 11 is 6.40. The minimum atomic E-state index is -0.844. The van der Waals surface area contributed by atoms with Crippen LogP contribution < -0.4 is 4.74 Å². The number of carbonyl (C=O) groups excluding carboxylic acids is 1. The van der Waals surface area contributed by atoms with E-state index in [4.69, 9.17) is 26.2 Å². The van der Waals surface area contributed by atoms with Gasteiger partial charge in [0.15, 0.2) is 11.6 Å². The number of hydrogen-bond donors (Lipinski definition) is 0. The van der Waals surface area contributed by atoms with Crippen LogP contribution in [0.5, 0.6) is 11.6 Å². The van der Waals surface area contributed by atoms with Crippen molar-refractivity contribution >= 4 is 17.5 Å². The fourth-order valence-corrected chi connectivity index (χ4v) is 4.90. The summed E-state index contributed by atoms with van der Waals surface area (Å²) in [6.45, 7) is 3.05. The average molecular weight is 552 g/mol. The maximum atomic E-state index is 14.7. The van der Waals surface area contributed by atoms with Gasteiger partial charge in [0.1, 0.15) is 5.82 Å². The number of carbonyl (C=O) groups is 1. The predicted molar refractivity (Wildman–Crippen MR) is 145 cm³/mol. The van der Waals surface area contributed by atoms with Gasteiger partial charge in [-0.2, -0.15) is 5.10 Å². The largest absolute Gasteiger partial charge is 0.435 e. The van der Waals surface area contributed by atoms with E-state index in [2.05, 4.69) is 0 Å². The Labute approximate surface area is 230 Å². The number of aryl methyl sites for hydroxylation is 1. The minimum Gasteiger partial charge on any atom is -0.435 e. The first-order valence-electron chi connectivity index (χ1n) is 12.9. The van der Waals surface area contributed by atoms with Gasteiger partial charge in [-0.3, -0.25) is 4.79 Å². The lowest BCUT2D eigenvalue weighted by Gasteiger charge is -2.26. The molecule has 5 rings (SSSR count). The number of benzene rings is 3. The Morgan fingerprint density at radius 2 is 1.90 bits per heavy atom. The second-order valence-electron chi connectivity index (χ2n) is 9.31. The molecule has 2 heterocycles. The molecule has 202 valence electrons. The molecule has 4 aromatic rings. The highest BCUT2D eigenvalue weighted by molar-refractivity contribution is 6.33. The van der Waals surface area contributed by atoms with E-state index in [9.17, 15) is 13.6 Å². The maximum absolute atomic E-state index is 14.7. The van der Waals surface area contributed by atoms with E-state index in [1.54, 1.807) is 33.8 Å². The van der Waals surface area contributed by atoms with Crippen molar-refractivity contribution in [3.63, 3.8) is 0 Å². The van der Waals surface area contributed by atoms with Gasteiger partial charge in [0, 0.05) is 19.2 Å². The van der Waals surface area contributed by atoms with Crippen LogP contribution in [0.3, 0.4) is 0 Å². The summed E-state index contributed by atoms with van der Waals surface area (Å²) in [6.07, 6.45) is 2.17. The van der Waals surface area contributed by atoms with Gasteiger partial charge in [0.05, 0.1) is 40.2 Å². The first kappa shape index (κ1) is 26.8. The molecule has 9 heteroatoms. The summed E-state index contributed by atoms with van der Waals surface area (Å²) in [7, 11) is 0. The minimum absolute atomic E-state index is 0.121. The summed E-state index contributed by atoms with van der Waals surface area (Å²) in [5, 5.41) is 5.12.